The standard InChI is InChI=1S/C14H13N3O3S3/c1-3-9-8-12(18)17-13(15-9)22-14(16-17)21-10-6-4-5-7-11(10)23(2,19)20/h4-8H,3H2,1-2H3. The summed E-state index contributed by atoms with van der Waals surface area (Å²) >= 11 is 2.48. The summed E-state index contributed by atoms with van der Waals surface area (Å²) in [5.41, 5.74) is 0.484. The largest absolute Gasteiger partial charge is 0.275 e. The Balaban J connectivity index is 2.07. The quantitative estimate of drug-likeness (QED) is 0.704. The van der Waals surface area contributed by atoms with Crippen molar-refractivity contribution in [3.63, 3.8) is 0 Å². The van der Waals surface area contributed by atoms with Gasteiger partial charge in [0.2, 0.25) is 4.96 Å². The second kappa shape index (κ2) is 6.06. The number of hydrogen-bond donors (Lipinski definition) is 0. The van der Waals surface area contributed by atoms with E-state index < -0.39 is 9.84 Å². The molecular formula is C14H13N3O3S3. The van der Waals surface area contributed by atoms with Gasteiger partial charge in [-0.2, -0.15) is 4.52 Å². The molecule has 0 aliphatic heterocycles. The summed E-state index contributed by atoms with van der Waals surface area (Å²) in [5.74, 6) is 0. The Kier molecular flexibility index (Phi) is 4.26. The Morgan fingerprint density at radius 3 is 2.74 bits per heavy atom. The molecule has 2 heterocycles. The highest BCUT2D eigenvalue weighted by Crippen LogP contribution is 2.34. The van der Waals surface area contributed by atoms with E-state index in [9.17, 15) is 13.2 Å². The Bertz CT molecular complexity index is 1040. The van der Waals surface area contributed by atoms with Gasteiger partial charge >= 0.3 is 0 Å². The molecule has 0 amide bonds. The third kappa shape index (κ3) is 3.31. The molecule has 3 aromatic rings. The van der Waals surface area contributed by atoms with Crippen LogP contribution in [-0.2, 0) is 16.3 Å². The Morgan fingerprint density at radius 1 is 1.30 bits per heavy atom. The van der Waals surface area contributed by atoms with E-state index in [1.54, 1.807) is 24.3 Å². The van der Waals surface area contributed by atoms with Gasteiger partial charge in [0, 0.05) is 22.9 Å². The van der Waals surface area contributed by atoms with Crippen LogP contribution in [0.3, 0.4) is 0 Å². The molecule has 0 unspecified atom stereocenters. The van der Waals surface area contributed by atoms with Gasteiger partial charge in [0.05, 0.1) is 4.90 Å². The highest BCUT2D eigenvalue weighted by Gasteiger charge is 2.16. The number of hydrogen-bond acceptors (Lipinski definition) is 7. The zero-order valence-corrected chi connectivity index (χ0v) is 14.8. The first-order chi connectivity index (χ1) is 10.9. The summed E-state index contributed by atoms with van der Waals surface area (Å²) in [4.78, 5) is 17.7. The zero-order chi connectivity index (χ0) is 16.6. The molecule has 0 spiro atoms. The molecule has 1 aromatic carbocycles. The predicted octanol–water partition coefficient (Wildman–Crippen LogP) is 2.27. The van der Waals surface area contributed by atoms with Crippen LogP contribution >= 0.6 is 23.1 Å². The van der Waals surface area contributed by atoms with Gasteiger partial charge in [-0.25, -0.2) is 13.4 Å². The van der Waals surface area contributed by atoms with Crippen molar-refractivity contribution in [2.24, 2.45) is 0 Å². The fourth-order valence-corrected chi connectivity index (χ4v) is 5.28. The highest BCUT2D eigenvalue weighted by molar-refractivity contribution is 8.01. The third-order valence-corrected chi connectivity index (χ3v) is 6.41. The molecule has 0 saturated carbocycles. The van der Waals surface area contributed by atoms with Crippen LogP contribution in [0.15, 0.2) is 49.3 Å². The van der Waals surface area contributed by atoms with Crippen molar-refractivity contribution in [1.82, 2.24) is 14.6 Å². The van der Waals surface area contributed by atoms with Crippen molar-refractivity contribution in [2.45, 2.75) is 27.5 Å². The van der Waals surface area contributed by atoms with Gasteiger partial charge in [-0.1, -0.05) is 42.2 Å². The molecule has 0 aliphatic carbocycles. The van der Waals surface area contributed by atoms with Crippen molar-refractivity contribution < 1.29 is 8.42 Å². The number of benzene rings is 1. The van der Waals surface area contributed by atoms with Gasteiger partial charge in [0.25, 0.3) is 5.56 Å². The summed E-state index contributed by atoms with van der Waals surface area (Å²) in [6.07, 6.45) is 1.84. The van der Waals surface area contributed by atoms with Gasteiger partial charge in [-0.3, -0.25) is 4.79 Å². The van der Waals surface area contributed by atoms with Crippen LogP contribution in [0.4, 0.5) is 0 Å². The highest BCUT2D eigenvalue weighted by atomic mass is 32.2. The SMILES string of the molecule is CCc1cc(=O)n2nc(Sc3ccccc3S(C)(=O)=O)sc2n1. The molecule has 0 N–H and O–H groups in total. The molecule has 6 nitrogen and oxygen atoms in total. The molecule has 0 aliphatic rings. The van der Waals surface area contributed by atoms with E-state index in [0.717, 1.165) is 0 Å². The maximum Gasteiger partial charge on any atom is 0.275 e. The molecule has 0 fully saturated rings. The number of aryl methyl sites for hydroxylation is 1. The number of aromatic nitrogens is 3. The maximum atomic E-state index is 12.0. The lowest BCUT2D eigenvalue weighted by Gasteiger charge is -2.04. The summed E-state index contributed by atoms with van der Waals surface area (Å²) in [6, 6.07) is 8.19. The molecule has 23 heavy (non-hydrogen) atoms. The van der Waals surface area contributed by atoms with Gasteiger partial charge < -0.3 is 0 Å². The van der Waals surface area contributed by atoms with Crippen LogP contribution in [0.25, 0.3) is 4.96 Å². The average Bonchev–Trinajstić information content (AvgIpc) is 2.89. The third-order valence-electron chi connectivity index (χ3n) is 3.09. The van der Waals surface area contributed by atoms with Crippen LogP contribution in [0.5, 0.6) is 0 Å². The normalized spacial score (nSPS) is 11.9. The molecule has 0 bridgehead atoms. The summed E-state index contributed by atoms with van der Waals surface area (Å²) in [6.45, 7) is 1.93. The van der Waals surface area contributed by atoms with E-state index >= 15 is 0 Å². The average molecular weight is 367 g/mol. The van der Waals surface area contributed by atoms with Crippen molar-refractivity contribution in [2.75, 3.05) is 6.26 Å². The van der Waals surface area contributed by atoms with Crippen LogP contribution in [0.2, 0.25) is 0 Å². The Hall–Kier alpha value is -1.71. The summed E-state index contributed by atoms with van der Waals surface area (Å²) in [5, 5.41) is 4.23. The van der Waals surface area contributed by atoms with Crippen LogP contribution < -0.4 is 5.56 Å². The first-order valence-electron chi connectivity index (χ1n) is 6.75. The van der Waals surface area contributed by atoms with E-state index in [1.165, 1.54) is 39.9 Å². The predicted molar refractivity (Wildman–Crippen MR) is 90.2 cm³/mol. The van der Waals surface area contributed by atoms with Gasteiger partial charge in [-0.05, 0) is 18.6 Å². The minimum atomic E-state index is -3.33. The molecule has 3 rings (SSSR count). The molecule has 120 valence electrons. The second-order valence-electron chi connectivity index (χ2n) is 4.82. The first-order valence-corrected chi connectivity index (χ1v) is 10.3. The molecular weight excluding hydrogens is 354 g/mol. The zero-order valence-electron chi connectivity index (χ0n) is 12.4. The van der Waals surface area contributed by atoms with Gasteiger partial charge in [0.1, 0.15) is 0 Å². The van der Waals surface area contributed by atoms with Crippen molar-refractivity contribution in [1.29, 1.82) is 0 Å². The number of fused-ring (bicyclic) bond motifs is 1. The minimum absolute atomic E-state index is 0.230. The van der Waals surface area contributed by atoms with Crippen molar-refractivity contribution in [3.05, 3.63) is 46.4 Å². The first kappa shape index (κ1) is 16.2. The molecule has 2 aromatic heterocycles. The summed E-state index contributed by atoms with van der Waals surface area (Å²) < 4.78 is 25.5. The summed E-state index contributed by atoms with van der Waals surface area (Å²) in [7, 11) is -3.33. The number of sulfone groups is 1. The van der Waals surface area contributed by atoms with Crippen molar-refractivity contribution >= 4 is 37.9 Å². The lowest BCUT2D eigenvalue weighted by atomic mass is 10.3. The Morgan fingerprint density at radius 2 is 2.04 bits per heavy atom. The molecule has 0 radical (unpaired) electrons. The van der Waals surface area contributed by atoms with Gasteiger partial charge in [-0.15, -0.1) is 5.10 Å². The Labute approximate surface area is 141 Å². The fourth-order valence-electron chi connectivity index (χ4n) is 2.00. The van der Waals surface area contributed by atoms with Crippen molar-refractivity contribution in [3.8, 4) is 0 Å². The minimum Gasteiger partial charge on any atom is -0.267 e. The van der Waals surface area contributed by atoms with Crippen LogP contribution in [-0.4, -0.2) is 29.3 Å². The van der Waals surface area contributed by atoms with Gasteiger partial charge in [0.15, 0.2) is 14.2 Å². The van der Waals surface area contributed by atoms with E-state index in [1.807, 2.05) is 6.92 Å². The van der Waals surface area contributed by atoms with Crippen LogP contribution in [0, 0.1) is 0 Å². The van der Waals surface area contributed by atoms with Crippen LogP contribution in [0.1, 0.15) is 12.6 Å². The number of rotatable bonds is 4. The lowest BCUT2D eigenvalue weighted by Crippen LogP contribution is -2.14. The van der Waals surface area contributed by atoms with E-state index in [-0.39, 0.29) is 10.5 Å². The van der Waals surface area contributed by atoms with E-state index in [2.05, 4.69) is 10.1 Å². The smallest absolute Gasteiger partial charge is 0.267 e. The molecule has 0 saturated heterocycles. The molecule has 0 atom stereocenters. The second-order valence-corrected chi connectivity index (χ2v) is 9.05. The maximum absolute atomic E-state index is 12.0. The lowest BCUT2D eigenvalue weighted by molar-refractivity contribution is 0.600. The molecule has 9 heteroatoms. The monoisotopic (exact) mass is 367 g/mol. The topological polar surface area (TPSA) is 81.4 Å². The fraction of sp³-hybridized carbons (Fsp3) is 0.214. The number of nitrogens with zero attached hydrogens (tertiary/aromatic N) is 3. The van der Waals surface area contributed by atoms with E-state index in [0.29, 0.717) is 26.3 Å². The van der Waals surface area contributed by atoms with E-state index in [4.69, 9.17) is 0 Å².